The number of alkyl halides is 1. The number of nitrogens with zero attached hydrogens (tertiary/aromatic N) is 3. The van der Waals surface area contributed by atoms with Gasteiger partial charge >= 0.3 is 0 Å². The van der Waals surface area contributed by atoms with Crippen LogP contribution in [0.2, 0.25) is 0 Å². The topological polar surface area (TPSA) is 70.5 Å². The number of anilines is 1. The zero-order valence-corrected chi connectivity index (χ0v) is 16.9. The van der Waals surface area contributed by atoms with E-state index in [2.05, 4.69) is 27.5 Å². The van der Waals surface area contributed by atoms with Gasteiger partial charge in [-0.05, 0) is 72.9 Å². The van der Waals surface area contributed by atoms with Gasteiger partial charge in [-0.15, -0.1) is 10.2 Å². The number of aromatic nitrogens is 2. The van der Waals surface area contributed by atoms with Crippen molar-refractivity contribution in [2.45, 2.75) is 43.8 Å². The summed E-state index contributed by atoms with van der Waals surface area (Å²) in [5, 5.41) is 24.7. The zero-order valence-electron chi connectivity index (χ0n) is 16.9. The maximum Gasteiger partial charge on any atom is 0.228 e. The Morgan fingerprint density at radius 1 is 1.07 bits per heavy atom. The van der Waals surface area contributed by atoms with Crippen molar-refractivity contribution in [3.05, 3.63) is 42.5 Å². The molecule has 3 atom stereocenters. The van der Waals surface area contributed by atoms with E-state index in [1.807, 2.05) is 24.3 Å². The number of piperidine rings is 1. The minimum atomic E-state index is -0.884. The molecule has 0 aliphatic carbocycles. The number of aromatic hydroxyl groups is 1. The van der Waals surface area contributed by atoms with Crippen LogP contribution >= 0.6 is 0 Å². The second kappa shape index (κ2) is 7.72. The summed E-state index contributed by atoms with van der Waals surface area (Å²) in [6.45, 7) is -0.884. The Morgan fingerprint density at radius 3 is 2.57 bits per heavy atom. The Labute approximate surface area is 174 Å². The molecule has 1 aromatic heterocycles. The quantitative estimate of drug-likeness (QED) is 0.664. The molecule has 2 fully saturated rings. The van der Waals surface area contributed by atoms with Crippen LogP contribution in [0.1, 0.15) is 25.7 Å². The number of hydrogen-bond acceptors (Lipinski definition) is 6. The molecule has 0 saturated carbocycles. The van der Waals surface area contributed by atoms with Crippen molar-refractivity contribution in [3.8, 4) is 22.8 Å². The number of rotatable bonds is 5. The highest BCUT2D eigenvalue weighted by atomic mass is 19.1. The maximum atomic E-state index is 12.4. The predicted octanol–water partition coefficient (Wildman–Crippen LogP) is 4.03. The number of fused-ring (bicyclic) bond motifs is 3. The van der Waals surface area contributed by atoms with Gasteiger partial charge in [-0.3, -0.25) is 0 Å². The number of hydrogen-bond donors (Lipinski definition) is 2. The molecule has 2 aliphatic heterocycles. The van der Waals surface area contributed by atoms with Crippen molar-refractivity contribution in [1.29, 1.82) is 0 Å². The van der Waals surface area contributed by atoms with Crippen molar-refractivity contribution in [2.24, 2.45) is 0 Å². The van der Waals surface area contributed by atoms with E-state index >= 15 is 0 Å². The van der Waals surface area contributed by atoms with E-state index in [4.69, 9.17) is 4.74 Å². The zero-order chi connectivity index (χ0) is 20.7. The molecule has 2 saturated heterocycles. The van der Waals surface area contributed by atoms with Gasteiger partial charge in [-0.1, -0.05) is 6.07 Å². The molecular weight excluding hydrogens is 383 g/mol. The summed E-state index contributed by atoms with van der Waals surface area (Å²) in [7, 11) is 2.09. The average Bonchev–Trinajstić information content (AvgIpc) is 3.10. The van der Waals surface area contributed by atoms with Crippen LogP contribution in [0.5, 0.6) is 11.5 Å². The van der Waals surface area contributed by atoms with Gasteiger partial charge in [0.2, 0.25) is 6.86 Å². The summed E-state index contributed by atoms with van der Waals surface area (Å²) < 4.78 is 17.3. The van der Waals surface area contributed by atoms with Crippen LogP contribution in [0.25, 0.3) is 22.0 Å². The third kappa shape index (κ3) is 3.54. The van der Waals surface area contributed by atoms with E-state index in [0.717, 1.165) is 29.4 Å². The van der Waals surface area contributed by atoms with Gasteiger partial charge in [-0.25, -0.2) is 4.39 Å². The van der Waals surface area contributed by atoms with E-state index in [1.54, 1.807) is 18.2 Å². The normalized spacial score (nSPS) is 22.9. The molecule has 2 N–H and O–H groups in total. The van der Waals surface area contributed by atoms with Crippen LogP contribution < -0.4 is 15.0 Å². The van der Waals surface area contributed by atoms with Crippen molar-refractivity contribution >= 4 is 16.6 Å². The van der Waals surface area contributed by atoms with Gasteiger partial charge in [0.05, 0.1) is 5.69 Å². The molecule has 0 radical (unpaired) electrons. The van der Waals surface area contributed by atoms with Crippen LogP contribution in [0.3, 0.4) is 0 Å². The first kappa shape index (κ1) is 19.1. The smallest absolute Gasteiger partial charge is 0.228 e. The lowest BCUT2D eigenvalue weighted by molar-refractivity contribution is 0.192. The molecule has 2 aromatic carbocycles. The minimum absolute atomic E-state index is 0.102. The molecule has 3 heterocycles. The molecule has 0 amide bonds. The van der Waals surface area contributed by atoms with Gasteiger partial charge < -0.3 is 20.1 Å². The Bertz CT molecular complexity index is 1050. The van der Waals surface area contributed by atoms with Crippen LogP contribution in [-0.2, 0) is 0 Å². The standard InChI is InChI=1S/C23H25FN4O2/c1-28(18-11-16-3-4-17(12-18)25-16)23-7-6-21(26-27-23)20-9-14-2-5-19(30-13-24)8-15(14)10-22(20)29/h2,5-10,16-18,25,29H,3-4,11-13H2,1H3/t16-,17+,18-. The fourth-order valence-electron chi connectivity index (χ4n) is 4.81. The SMILES string of the molecule is CN(c1ccc(-c2cc3ccc(OCF)cc3cc2O)nn1)[C@@H]1C[C@H]2CC[C@@H](C1)N2. The highest BCUT2D eigenvalue weighted by Crippen LogP contribution is 2.35. The molecular formula is C23H25FN4O2. The molecule has 5 rings (SSSR count). The van der Waals surface area contributed by atoms with Crippen LogP contribution in [0.15, 0.2) is 42.5 Å². The summed E-state index contributed by atoms with van der Waals surface area (Å²) in [4.78, 5) is 2.23. The Morgan fingerprint density at radius 2 is 1.87 bits per heavy atom. The highest BCUT2D eigenvalue weighted by Gasteiger charge is 2.35. The molecule has 7 heteroatoms. The Kier molecular flexibility index (Phi) is 4.90. The van der Waals surface area contributed by atoms with Gasteiger partial charge in [0.1, 0.15) is 11.5 Å². The van der Waals surface area contributed by atoms with Crippen molar-refractivity contribution < 1.29 is 14.2 Å². The molecule has 30 heavy (non-hydrogen) atoms. The lowest BCUT2D eigenvalue weighted by atomic mass is 9.98. The molecule has 156 valence electrons. The van der Waals surface area contributed by atoms with E-state index in [-0.39, 0.29) is 5.75 Å². The van der Waals surface area contributed by atoms with E-state index < -0.39 is 6.86 Å². The first-order chi connectivity index (χ1) is 14.6. The van der Waals surface area contributed by atoms with Crippen molar-refractivity contribution in [1.82, 2.24) is 15.5 Å². The lowest BCUT2D eigenvalue weighted by Gasteiger charge is -2.36. The third-order valence-electron chi connectivity index (χ3n) is 6.43. The Balaban J connectivity index is 1.39. The number of nitrogens with one attached hydrogen (secondary N) is 1. The summed E-state index contributed by atoms with van der Waals surface area (Å²) in [6.07, 6.45) is 4.80. The van der Waals surface area contributed by atoms with Crippen molar-refractivity contribution in [3.63, 3.8) is 0 Å². The molecule has 0 spiro atoms. The number of benzene rings is 2. The lowest BCUT2D eigenvalue weighted by Crippen LogP contribution is -2.47. The number of phenolic OH excluding ortho intramolecular Hbond substituents is 1. The fourth-order valence-corrected chi connectivity index (χ4v) is 4.81. The fraction of sp³-hybridized carbons (Fsp3) is 0.391. The average molecular weight is 408 g/mol. The number of ether oxygens (including phenoxy) is 1. The highest BCUT2D eigenvalue weighted by molar-refractivity contribution is 5.90. The monoisotopic (exact) mass is 408 g/mol. The summed E-state index contributed by atoms with van der Waals surface area (Å²) in [6, 6.07) is 14.3. The second-order valence-electron chi connectivity index (χ2n) is 8.28. The number of halogens is 1. The summed E-state index contributed by atoms with van der Waals surface area (Å²) >= 11 is 0. The largest absolute Gasteiger partial charge is 0.507 e. The molecule has 2 aliphatic rings. The molecule has 3 aromatic rings. The van der Waals surface area contributed by atoms with Crippen LogP contribution in [0, 0.1) is 0 Å². The first-order valence-electron chi connectivity index (χ1n) is 10.4. The van der Waals surface area contributed by atoms with Gasteiger partial charge in [-0.2, -0.15) is 0 Å². The third-order valence-corrected chi connectivity index (χ3v) is 6.43. The summed E-state index contributed by atoms with van der Waals surface area (Å²) in [5.74, 6) is 1.37. The first-order valence-corrected chi connectivity index (χ1v) is 10.4. The molecule has 2 bridgehead atoms. The van der Waals surface area contributed by atoms with Crippen molar-refractivity contribution in [2.75, 3.05) is 18.8 Å². The van der Waals surface area contributed by atoms with Gasteiger partial charge in [0.25, 0.3) is 0 Å². The van der Waals surface area contributed by atoms with E-state index in [0.29, 0.717) is 35.1 Å². The van der Waals surface area contributed by atoms with Gasteiger partial charge in [0.15, 0.2) is 5.82 Å². The molecule has 6 nitrogen and oxygen atoms in total. The predicted molar refractivity (Wildman–Crippen MR) is 115 cm³/mol. The minimum Gasteiger partial charge on any atom is -0.507 e. The Hall–Kier alpha value is -2.93. The van der Waals surface area contributed by atoms with E-state index in [1.165, 1.54) is 12.8 Å². The van der Waals surface area contributed by atoms with Crippen LogP contribution in [-0.4, -0.2) is 47.3 Å². The van der Waals surface area contributed by atoms with Gasteiger partial charge in [0, 0.05) is 30.7 Å². The number of phenols is 1. The second-order valence-corrected chi connectivity index (χ2v) is 8.28. The summed E-state index contributed by atoms with van der Waals surface area (Å²) in [5.41, 5.74) is 1.23. The maximum absolute atomic E-state index is 12.4. The van der Waals surface area contributed by atoms with E-state index in [9.17, 15) is 9.50 Å². The van der Waals surface area contributed by atoms with Crippen LogP contribution in [0.4, 0.5) is 10.2 Å². The molecule has 0 unspecified atom stereocenters.